The zero-order chi connectivity index (χ0) is 17.5. The number of anilines is 2. The number of carbonyl (C=O) groups is 1. The van der Waals surface area contributed by atoms with Crippen LogP contribution >= 0.6 is 0 Å². The van der Waals surface area contributed by atoms with Crippen molar-refractivity contribution in [2.24, 2.45) is 0 Å². The molecule has 1 heterocycles. The van der Waals surface area contributed by atoms with Crippen molar-refractivity contribution in [1.29, 1.82) is 0 Å². The van der Waals surface area contributed by atoms with Crippen molar-refractivity contribution >= 4 is 27.3 Å². The van der Waals surface area contributed by atoms with Gasteiger partial charge in [-0.25, -0.2) is 8.42 Å². The molecular weight excluding hydrogens is 336 g/mol. The lowest BCUT2D eigenvalue weighted by atomic mass is 9.80. The molecule has 1 aliphatic heterocycles. The molecule has 2 aliphatic rings. The highest BCUT2D eigenvalue weighted by Crippen LogP contribution is 2.49. The third kappa shape index (κ3) is 2.91. The second kappa shape index (κ2) is 5.88. The largest absolute Gasteiger partial charge is 0.325 e. The normalized spacial score (nSPS) is 18.2. The van der Waals surface area contributed by atoms with Crippen LogP contribution in [0.1, 0.15) is 36.8 Å². The Morgan fingerprint density at radius 2 is 1.76 bits per heavy atom. The Labute approximate surface area is 147 Å². The molecule has 0 saturated heterocycles. The summed E-state index contributed by atoms with van der Waals surface area (Å²) in [5.74, 6) is -0.0305. The van der Waals surface area contributed by atoms with Gasteiger partial charge in [-0.1, -0.05) is 43.2 Å². The van der Waals surface area contributed by atoms with Gasteiger partial charge in [0.1, 0.15) is 0 Å². The van der Waals surface area contributed by atoms with E-state index in [0.29, 0.717) is 5.69 Å². The maximum atomic E-state index is 12.5. The topological polar surface area (TPSA) is 75.3 Å². The smallest absolute Gasteiger partial charge is 0.236 e. The van der Waals surface area contributed by atoms with Crippen LogP contribution in [-0.2, 0) is 26.0 Å². The first-order chi connectivity index (χ1) is 12.0. The highest BCUT2D eigenvalue weighted by molar-refractivity contribution is 7.91. The summed E-state index contributed by atoms with van der Waals surface area (Å²) in [4.78, 5) is 12.4. The molecule has 0 unspecified atom stereocenters. The van der Waals surface area contributed by atoms with Crippen molar-refractivity contribution in [3.8, 4) is 0 Å². The molecular formula is C19H20N2O3S. The zero-order valence-corrected chi connectivity index (χ0v) is 14.6. The average Bonchev–Trinajstić information content (AvgIpc) is 3.16. The summed E-state index contributed by atoms with van der Waals surface area (Å²) in [7, 11) is -3.51. The molecule has 130 valence electrons. The van der Waals surface area contributed by atoms with Crippen LogP contribution in [0.3, 0.4) is 0 Å². The van der Waals surface area contributed by atoms with E-state index < -0.39 is 15.4 Å². The van der Waals surface area contributed by atoms with Crippen molar-refractivity contribution < 1.29 is 13.2 Å². The van der Waals surface area contributed by atoms with Crippen molar-refractivity contribution in [3.63, 3.8) is 0 Å². The quantitative estimate of drug-likeness (QED) is 0.882. The molecule has 2 aromatic carbocycles. The lowest BCUT2D eigenvalue weighted by Gasteiger charge is -2.21. The molecule has 5 nitrogen and oxygen atoms in total. The van der Waals surface area contributed by atoms with Gasteiger partial charge in [0.05, 0.1) is 11.2 Å². The Morgan fingerprint density at radius 3 is 2.48 bits per heavy atom. The predicted molar refractivity (Wildman–Crippen MR) is 97.9 cm³/mol. The van der Waals surface area contributed by atoms with E-state index in [-0.39, 0.29) is 11.7 Å². The summed E-state index contributed by atoms with van der Waals surface area (Å²) < 4.78 is 27.6. The van der Waals surface area contributed by atoms with Crippen LogP contribution in [0, 0.1) is 0 Å². The van der Waals surface area contributed by atoms with Gasteiger partial charge in [0.15, 0.2) is 0 Å². The lowest BCUT2D eigenvalue weighted by Crippen LogP contribution is -2.31. The SMILES string of the molecule is O=C1Nc2ccc(NS(=O)(=O)Cc3ccccc3)cc2C12CCCC2. The van der Waals surface area contributed by atoms with E-state index in [0.717, 1.165) is 42.5 Å². The van der Waals surface area contributed by atoms with Crippen LogP contribution in [0.2, 0.25) is 0 Å². The van der Waals surface area contributed by atoms with Gasteiger partial charge in [-0.2, -0.15) is 0 Å². The molecule has 2 N–H and O–H groups in total. The van der Waals surface area contributed by atoms with Crippen LogP contribution in [0.25, 0.3) is 0 Å². The summed E-state index contributed by atoms with van der Waals surface area (Å²) >= 11 is 0. The molecule has 2 aromatic rings. The number of carbonyl (C=O) groups excluding carboxylic acids is 1. The number of hydrogen-bond donors (Lipinski definition) is 2. The summed E-state index contributed by atoms with van der Waals surface area (Å²) in [6.07, 6.45) is 3.70. The molecule has 1 spiro atoms. The Morgan fingerprint density at radius 1 is 1.04 bits per heavy atom. The molecule has 25 heavy (non-hydrogen) atoms. The van der Waals surface area contributed by atoms with Crippen molar-refractivity contribution in [2.75, 3.05) is 10.0 Å². The first kappa shape index (κ1) is 16.1. The number of nitrogens with one attached hydrogen (secondary N) is 2. The van der Waals surface area contributed by atoms with Crippen LogP contribution in [-0.4, -0.2) is 14.3 Å². The lowest BCUT2D eigenvalue weighted by molar-refractivity contribution is -0.120. The second-order valence-electron chi connectivity index (χ2n) is 6.85. The van der Waals surface area contributed by atoms with Crippen molar-refractivity contribution in [1.82, 2.24) is 0 Å². The standard InChI is InChI=1S/C19H20N2O3S/c22-18-19(10-4-5-11-19)16-12-15(8-9-17(16)20-18)21-25(23,24)13-14-6-2-1-3-7-14/h1-3,6-9,12,21H,4-5,10-11,13H2,(H,20,22). The summed E-state index contributed by atoms with van der Waals surface area (Å²) in [6.45, 7) is 0. The summed E-state index contributed by atoms with van der Waals surface area (Å²) in [5, 5.41) is 2.94. The fraction of sp³-hybridized carbons (Fsp3) is 0.316. The first-order valence-electron chi connectivity index (χ1n) is 8.49. The molecule has 1 aliphatic carbocycles. The Kier molecular flexibility index (Phi) is 3.80. The van der Waals surface area contributed by atoms with Crippen LogP contribution in [0.5, 0.6) is 0 Å². The number of hydrogen-bond acceptors (Lipinski definition) is 3. The minimum Gasteiger partial charge on any atom is -0.325 e. The molecule has 0 aromatic heterocycles. The number of rotatable bonds is 4. The minimum absolute atomic E-state index is 0.0456. The highest BCUT2D eigenvalue weighted by atomic mass is 32.2. The van der Waals surface area contributed by atoms with Gasteiger partial charge in [0.25, 0.3) is 0 Å². The van der Waals surface area contributed by atoms with Crippen molar-refractivity contribution in [3.05, 3.63) is 59.7 Å². The molecule has 0 atom stereocenters. The monoisotopic (exact) mass is 356 g/mol. The van der Waals surface area contributed by atoms with E-state index in [1.807, 2.05) is 24.3 Å². The third-order valence-electron chi connectivity index (χ3n) is 5.15. The molecule has 1 saturated carbocycles. The van der Waals surface area contributed by atoms with Crippen molar-refractivity contribution in [2.45, 2.75) is 36.9 Å². The van der Waals surface area contributed by atoms with Gasteiger partial charge in [0, 0.05) is 11.4 Å². The van der Waals surface area contributed by atoms with Gasteiger partial charge >= 0.3 is 0 Å². The van der Waals surface area contributed by atoms with E-state index in [9.17, 15) is 13.2 Å². The van der Waals surface area contributed by atoms with E-state index >= 15 is 0 Å². The van der Waals surface area contributed by atoms with E-state index in [1.165, 1.54) is 0 Å². The van der Waals surface area contributed by atoms with E-state index in [4.69, 9.17) is 0 Å². The zero-order valence-electron chi connectivity index (χ0n) is 13.8. The van der Waals surface area contributed by atoms with Crippen LogP contribution in [0.15, 0.2) is 48.5 Å². The van der Waals surface area contributed by atoms with Gasteiger partial charge in [0.2, 0.25) is 15.9 Å². The van der Waals surface area contributed by atoms with Gasteiger partial charge in [-0.05, 0) is 42.2 Å². The average molecular weight is 356 g/mol. The molecule has 0 bridgehead atoms. The predicted octanol–water partition coefficient (Wildman–Crippen LogP) is 3.39. The number of fused-ring (bicyclic) bond motifs is 2. The summed E-state index contributed by atoms with van der Waals surface area (Å²) in [5.41, 5.74) is 2.50. The van der Waals surface area contributed by atoms with Crippen LogP contribution < -0.4 is 10.0 Å². The number of amides is 1. The molecule has 6 heteroatoms. The first-order valence-corrected chi connectivity index (χ1v) is 10.1. The van der Waals surface area contributed by atoms with Crippen LogP contribution in [0.4, 0.5) is 11.4 Å². The minimum atomic E-state index is -3.51. The van der Waals surface area contributed by atoms with E-state index in [2.05, 4.69) is 10.0 Å². The Bertz CT molecular complexity index is 917. The molecule has 1 fully saturated rings. The molecule has 1 amide bonds. The maximum absolute atomic E-state index is 12.5. The van der Waals surface area contributed by atoms with Gasteiger partial charge in [-0.3, -0.25) is 9.52 Å². The Hall–Kier alpha value is -2.34. The molecule has 0 radical (unpaired) electrons. The summed E-state index contributed by atoms with van der Waals surface area (Å²) in [6, 6.07) is 14.4. The third-order valence-corrected chi connectivity index (χ3v) is 6.41. The van der Waals surface area contributed by atoms with Gasteiger partial charge < -0.3 is 5.32 Å². The van der Waals surface area contributed by atoms with E-state index in [1.54, 1.807) is 24.3 Å². The Balaban J connectivity index is 1.61. The van der Waals surface area contributed by atoms with Gasteiger partial charge in [-0.15, -0.1) is 0 Å². The fourth-order valence-corrected chi connectivity index (χ4v) is 5.15. The maximum Gasteiger partial charge on any atom is 0.236 e. The second-order valence-corrected chi connectivity index (χ2v) is 8.57. The number of sulfonamides is 1. The highest BCUT2D eigenvalue weighted by Gasteiger charge is 2.48. The number of benzene rings is 2. The molecule has 4 rings (SSSR count). The fourth-order valence-electron chi connectivity index (χ4n) is 3.96.